The van der Waals surface area contributed by atoms with E-state index in [4.69, 9.17) is 18.9 Å². The van der Waals surface area contributed by atoms with Crippen LogP contribution in [0.15, 0.2) is 24.3 Å². The van der Waals surface area contributed by atoms with Gasteiger partial charge >= 0.3 is 12.2 Å². The van der Waals surface area contributed by atoms with E-state index in [1.165, 1.54) is 0 Å². The Morgan fingerprint density at radius 3 is 1.86 bits per heavy atom. The molecular weight excluding hydrogens is 292 g/mol. The van der Waals surface area contributed by atoms with E-state index in [0.717, 1.165) is 0 Å². The predicted octanol–water partition coefficient (Wildman–Crippen LogP) is 0.661. The highest BCUT2D eigenvalue weighted by Crippen LogP contribution is 2.20. The lowest BCUT2D eigenvalue weighted by molar-refractivity contribution is 0.102. The maximum atomic E-state index is 10.9. The molecule has 0 bridgehead atoms. The smallest absolute Gasteiger partial charge is 0.407 e. The van der Waals surface area contributed by atoms with E-state index in [1.54, 1.807) is 24.3 Å². The van der Waals surface area contributed by atoms with Crippen LogP contribution in [0, 0.1) is 0 Å². The molecule has 2 saturated heterocycles. The number of rotatable bonds is 6. The van der Waals surface area contributed by atoms with Gasteiger partial charge in [-0.05, 0) is 12.1 Å². The molecule has 118 valence electrons. The molecule has 1 aromatic rings. The van der Waals surface area contributed by atoms with Gasteiger partial charge in [-0.15, -0.1) is 0 Å². The van der Waals surface area contributed by atoms with Crippen LogP contribution in [0.2, 0.25) is 0 Å². The minimum Gasteiger partial charge on any atom is -0.490 e. The van der Waals surface area contributed by atoms with Crippen molar-refractivity contribution in [3.05, 3.63) is 24.3 Å². The van der Waals surface area contributed by atoms with Crippen LogP contribution >= 0.6 is 0 Å². The van der Waals surface area contributed by atoms with Gasteiger partial charge in [-0.25, -0.2) is 9.59 Å². The Morgan fingerprint density at radius 1 is 0.955 bits per heavy atom. The topological polar surface area (TPSA) is 95.1 Å². The summed E-state index contributed by atoms with van der Waals surface area (Å²) in [5.74, 6) is 1.23. The molecule has 2 N–H and O–H groups in total. The quantitative estimate of drug-likeness (QED) is 0.801. The van der Waals surface area contributed by atoms with E-state index < -0.39 is 12.2 Å². The Hall–Kier alpha value is -2.64. The number of alkyl carbamates (subject to hydrolysis) is 2. The highest BCUT2D eigenvalue weighted by atomic mass is 16.6. The Labute approximate surface area is 126 Å². The molecule has 8 heteroatoms. The lowest BCUT2D eigenvalue weighted by Crippen LogP contribution is -2.22. The first-order valence-corrected chi connectivity index (χ1v) is 6.93. The second kappa shape index (κ2) is 6.42. The number of hydrogen-bond acceptors (Lipinski definition) is 6. The first-order chi connectivity index (χ1) is 10.7. The normalized spacial score (nSPS) is 23.3. The van der Waals surface area contributed by atoms with Crippen LogP contribution in [0.1, 0.15) is 0 Å². The molecule has 0 radical (unpaired) electrons. The van der Waals surface area contributed by atoms with Gasteiger partial charge < -0.3 is 29.6 Å². The van der Waals surface area contributed by atoms with Crippen molar-refractivity contribution in [3.63, 3.8) is 0 Å². The van der Waals surface area contributed by atoms with Gasteiger partial charge in [-0.3, -0.25) is 0 Å². The number of nitrogens with one attached hydrogen (secondary N) is 2. The first-order valence-electron chi connectivity index (χ1n) is 6.93. The maximum Gasteiger partial charge on any atom is 0.407 e. The van der Waals surface area contributed by atoms with Crippen molar-refractivity contribution in [2.45, 2.75) is 12.2 Å². The first kappa shape index (κ1) is 14.3. The molecule has 2 fully saturated rings. The minimum atomic E-state index is -0.426. The molecule has 3 rings (SSSR count). The lowest BCUT2D eigenvalue weighted by atomic mass is 10.3. The molecule has 0 aliphatic carbocycles. The number of cyclic esters (lactones) is 2. The Balaban J connectivity index is 1.47. The summed E-state index contributed by atoms with van der Waals surface area (Å²) in [4.78, 5) is 21.8. The average molecular weight is 308 g/mol. The fraction of sp³-hybridized carbons (Fsp3) is 0.429. The highest BCUT2D eigenvalue weighted by Gasteiger charge is 2.24. The van der Waals surface area contributed by atoms with Gasteiger partial charge in [0.05, 0.1) is 13.1 Å². The third kappa shape index (κ3) is 3.72. The van der Waals surface area contributed by atoms with Crippen molar-refractivity contribution in [2.24, 2.45) is 0 Å². The second-order valence-electron chi connectivity index (χ2n) is 4.91. The van der Waals surface area contributed by atoms with E-state index >= 15 is 0 Å². The summed E-state index contributed by atoms with van der Waals surface area (Å²) in [6, 6.07) is 7.10. The average Bonchev–Trinajstić information content (AvgIpc) is 3.12. The summed E-state index contributed by atoms with van der Waals surface area (Å²) >= 11 is 0. The number of amides is 2. The van der Waals surface area contributed by atoms with Crippen molar-refractivity contribution < 1.29 is 28.5 Å². The number of carbonyl (C=O) groups is 2. The van der Waals surface area contributed by atoms with Crippen molar-refractivity contribution in [1.29, 1.82) is 0 Å². The molecule has 2 atom stereocenters. The number of hydrogen-bond donors (Lipinski definition) is 2. The van der Waals surface area contributed by atoms with E-state index in [9.17, 15) is 9.59 Å². The van der Waals surface area contributed by atoms with Gasteiger partial charge in [0.15, 0.2) is 12.2 Å². The molecule has 0 spiro atoms. The summed E-state index contributed by atoms with van der Waals surface area (Å²) in [6.07, 6.45) is -1.43. The van der Waals surface area contributed by atoms with E-state index in [-0.39, 0.29) is 25.4 Å². The maximum absolute atomic E-state index is 10.9. The van der Waals surface area contributed by atoms with Crippen molar-refractivity contribution in [3.8, 4) is 11.5 Å². The van der Waals surface area contributed by atoms with Crippen molar-refractivity contribution in [2.75, 3.05) is 26.3 Å². The van der Waals surface area contributed by atoms with Crippen LogP contribution < -0.4 is 20.1 Å². The number of benzene rings is 1. The van der Waals surface area contributed by atoms with Crippen LogP contribution in [0.5, 0.6) is 11.5 Å². The van der Waals surface area contributed by atoms with Gasteiger partial charge in [-0.1, -0.05) is 6.07 Å². The second-order valence-corrected chi connectivity index (χ2v) is 4.91. The Morgan fingerprint density at radius 2 is 1.45 bits per heavy atom. The molecule has 2 amide bonds. The summed E-state index contributed by atoms with van der Waals surface area (Å²) in [5.41, 5.74) is 0. The van der Waals surface area contributed by atoms with Crippen molar-refractivity contribution in [1.82, 2.24) is 10.6 Å². The van der Waals surface area contributed by atoms with E-state index in [0.29, 0.717) is 24.6 Å². The number of carbonyl (C=O) groups excluding carboxylic acids is 2. The SMILES string of the molecule is O=C1NCC(COc2cccc(OCC3CNC(=O)O3)c2)O1. The number of ether oxygens (including phenoxy) is 4. The largest absolute Gasteiger partial charge is 0.490 e. The summed E-state index contributed by atoms with van der Waals surface area (Å²) in [7, 11) is 0. The minimum absolute atomic E-state index is 0.270. The molecular formula is C14H16N2O6. The fourth-order valence-corrected chi connectivity index (χ4v) is 2.08. The lowest BCUT2D eigenvalue weighted by Gasteiger charge is -2.13. The molecule has 0 aromatic heterocycles. The molecule has 1 aromatic carbocycles. The van der Waals surface area contributed by atoms with Crippen LogP contribution in [-0.2, 0) is 9.47 Å². The summed E-state index contributed by atoms with van der Waals surface area (Å²) in [6.45, 7) is 1.42. The van der Waals surface area contributed by atoms with Gasteiger partial charge in [0.25, 0.3) is 0 Å². The standard InChI is InChI=1S/C14H16N2O6/c17-13-15-5-11(21-13)7-19-9-2-1-3-10(4-9)20-8-12-6-16-14(18)22-12/h1-4,11-12H,5-8H2,(H,15,17)(H,16,18). The molecule has 2 unspecified atom stereocenters. The van der Waals surface area contributed by atoms with E-state index in [2.05, 4.69) is 10.6 Å². The third-order valence-electron chi connectivity index (χ3n) is 3.17. The monoisotopic (exact) mass is 308 g/mol. The molecule has 0 saturated carbocycles. The highest BCUT2D eigenvalue weighted by molar-refractivity contribution is 5.69. The zero-order valence-electron chi connectivity index (χ0n) is 11.7. The molecule has 2 aliphatic rings. The van der Waals surface area contributed by atoms with Gasteiger partial charge in [0, 0.05) is 6.07 Å². The molecule has 2 heterocycles. The Kier molecular flexibility index (Phi) is 4.17. The molecule has 2 aliphatic heterocycles. The van der Waals surface area contributed by atoms with Gasteiger partial charge in [-0.2, -0.15) is 0 Å². The summed E-state index contributed by atoms with van der Waals surface area (Å²) in [5, 5.41) is 5.12. The van der Waals surface area contributed by atoms with Gasteiger partial charge in [0.1, 0.15) is 24.7 Å². The third-order valence-corrected chi connectivity index (χ3v) is 3.17. The van der Waals surface area contributed by atoms with Crippen LogP contribution in [-0.4, -0.2) is 50.7 Å². The van der Waals surface area contributed by atoms with Crippen LogP contribution in [0.25, 0.3) is 0 Å². The van der Waals surface area contributed by atoms with Crippen molar-refractivity contribution >= 4 is 12.2 Å². The Bertz CT molecular complexity index is 519. The molecule has 8 nitrogen and oxygen atoms in total. The zero-order chi connectivity index (χ0) is 15.4. The van der Waals surface area contributed by atoms with Crippen LogP contribution in [0.3, 0.4) is 0 Å². The van der Waals surface area contributed by atoms with E-state index in [1.807, 2.05) is 0 Å². The fourth-order valence-electron chi connectivity index (χ4n) is 2.08. The predicted molar refractivity (Wildman–Crippen MR) is 74.0 cm³/mol. The summed E-state index contributed by atoms with van der Waals surface area (Å²) < 4.78 is 21.1. The molecule has 22 heavy (non-hydrogen) atoms. The zero-order valence-corrected chi connectivity index (χ0v) is 11.7. The van der Waals surface area contributed by atoms with Gasteiger partial charge in [0.2, 0.25) is 0 Å². The van der Waals surface area contributed by atoms with Crippen LogP contribution in [0.4, 0.5) is 9.59 Å².